The average Bonchev–Trinajstić information content (AvgIpc) is 2.30. The van der Waals surface area contributed by atoms with E-state index in [0.717, 1.165) is 18.1 Å². The topological polar surface area (TPSA) is 27.7 Å². The Balaban J connectivity index is 5.12. The van der Waals surface area contributed by atoms with E-state index < -0.39 is 25.0 Å². The van der Waals surface area contributed by atoms with Gasteiger partial charge in [0, 0.05) is 0 Å². The van der Waals surface area contributed by atoms with Gasteiger partial charge in [-0.1, -0.05) is 20.8 Å². The maximum Gasteiger partial charge on any atom is 0.286 e. The molecule has 0 aromatic heterocycles. The first-order chi connectivity index (χ1) is 8.97. The second kappa shape index (κ2) is 7.70. The Kier molecular flexibility index (Phi) is 7.62. The van der Waals surface area contributed by atoms with Crippen molar-refractivity contribution in [2.75, 3.05) is 0 Å². The van der Waals surface area contributed by atoms with Crippen LogP contribution in [0.3, 0.4) is 0 Å². The molecule has 3 nitrogen and oxygen atoms in total. The Morgan fingerprint density at radius 3 is 1.50 bits per heavy atom. The second-order valence-electron chi connectivity index (χ2n) is 7.23. The summed E-state index contributed by atoms with van der Waals surface area (Å²) < 4.78 is 18.4. The molecule has 0 saturated heterocycles. The largest absolute Gasteiger partial charge is 0.545 e. The van der Waals surface area contributed by atoms with Gasteiger partial charge in [-0.25, -0.2) is 0 Å². The van der Waals surface area contributed by atoms with Crippen molar-refractivity contribution < 1.29 is 13.3 Å². The van der Waals surface area contributed by atoms with E-state index in [-0.39, 0.29) is 0 Å². The van der Waals surface area contributed by atoms with E-state index >= 15 is 0 Å². The van der Waals surface area contributed by atoms with E-state index in [1.807, 2.05) is 0 Å². The van der Waals surface area contributed by atoms with Crippen LogP contribution in [0.5, 0.6) is 0 Å². The zero-order chi connectivity index (χ0) is 16.0. The summed E-state index contributed by atoms with van der Waals surface area (Å²) >= 11 is 0. The molecule has 120 valence electrons. The van der Waals surface area contributed by atoms with Crippen LogP contribution in [-0.4, -0.2) is 25.0 Å². The Bertz CT molecular complexity index is 304. The highest BCUT2D eigenvalue weighted by atomic mass is 28.4. The van der Waals surface area contributed by atoms with Crippen molar-refractivity contribution >= 4 is 25.0 Å². The molecule has 0 radical (unpaired) electrons. The number of rotatable bonds is 9. The molecule has 0 atom stereocenters. The summed E-state index contributed by atoms with van der Waals surface area (Å²) in [7, 11) is -5.01. The minimum absolute atomic E-state index is 0.629. The fourth-order valence-corrected chi connectivity index (χ4v) is 5.45. The molecule has 6 heteroatoms. The van der Waals surface area contributed by atoms with Crippen molar-refractivity contribution in [3.05, 3.63) is 12.2 Å². The van der Waals surface area contributed by atoms with Crippen molar-refractivity contribution in [3.63, 3.8) is 0 Å². The molecular formula is C14H34O3Si3. The smallest absolute Gasteiger partial charge is 0.286 e. The molecule has 0 saturated carbocycles. The van der Waals surface area contributed by atoms with Crippen LogP contribution in [0, 0.1) is 0 Å². The van der Waals surface area contributed by atoms with Crippen LogP contribution in [0.4, 0.5) is 0 Å². The van der Waals surface area contributed by atoms with Crippen LogP contribution in [0.15, 0.2) is 12.2 Å². The Morgan fingerprint density at radius 1 is 0.750 bits per heavy atom. The Labute approximate surface area is 129 Å². The Hall–Kier alpha value is -0.209. The minimum Gasteiger partial charge on any atom is -0.545 e. The molecule has 0 aliphatic carbocycles. The average molecular weight is 335 g/mol. The number of hydrogen-bond donors (Lipinski definition) is 0. The zero-order valence-electron chi connectivity index (χ0n) is 14.9. The van der Waals surface area contributed by atoms with Crippen LogP contribution >= 0.6 is 0 Å². The molecule has 0 aliphatic rings. The van der Waals surface area contributed by atoms with E-state index in [2.05, 4.69) is 60.1 Å². The molecule has 0 bridgehead atoms. The van der Waals surface area contributed by atoms with Crippen LogP contribution in [0.2, 0.25) is 57.4 Å². The summed E-state index contributed by atoms with van der Waals surface area (Å²) in [5.74, 6) is 0.629. The SMILES string of the molecule is CC[Si](CC)(CC)O/C(=C/O[Si](C)(C)C)O[Si](C)(C)C. The minimum atomic E-state index is -1.71. The lowest BCUT2D eigenvalue weighted by atomic mass is 10.9. The molecule has 0 aromatic carbocycles. The van der Waals surface area contributed by atoms with Crippen molar-refractivity contribution in [1.29, 1.82) is 0 Å². The molecule has 20 heavy (non-hydrogen) atoms. The summed E-state index contributed by atoms with van der Waals surface area (Å²) in [6.45, 7) is 19.7. The fraction of sp³-hybridized carbons (Fsp3) is 0.857. The molecule has 0 aliphatic heterocycles. The molecule has 0 fully saturated rings. The molecular weight excluding hydrogens is 300 g/mol. The third-order valence-electron chi connectivity index (χ3n) is 3.17. The van der Waals surface area contributed by atoms with Crippen molar-refractivity contribution in [3.8, 4) is 0 Å². The summed E-state index contributed by atoms with van der Waals surface area (Å²) in [6, 6.07) is 3.33. The van der Waals surface area contributed by atoms with Gasteiger partial charge in [0.25, 0.3) is 14.3 Å². The maximum atomic E-state index is 6.37. The molecule has 0 spiro atoms. The highest BCUT2D eigenvalue weighted by Gasteiger charge is 2.33. The molecule has 0 unspecified atom stereocenters. The lowest BCUT2D eigenvalue weighted by Crippen LogP contribution is -2.38. The Morgan fingerprint density at radius 2 is 1.20 bits per heavy atom. The summed E-state index contributed by atoms with van der Waals surface area (Å²) in [6.07, 6.45) is 1.74. The summed E-state index contributed by atoms with van der Waals surface area (Å²) in [4.78, 5) is 0. The van der Waals surface area contributed by atoms with Gasteiger partial charge >= 0.3 is 0 Å². The van der Waals surface area contributed by atoms with Gasteiger partial charge in [0.05, 0.1) is 0 Å². The molecule has 0 amide bonds. The van der Waals surface area contributed by atoms with Gasteiger partial charge in [-0.2, -0.15) is 0 Å². The predicted molar refractivity (Wildman–Crippen MR) is 95.2 cm³/mol. The lowest BCUT2D eigenvalue weighted by Gasteiger charge is -2.33. The number of hydrogen-bond acceptors (Lipinski definition) is 3. The predicted octanol–water partition coefficient (Wildman–Crippen LogP) is 5.51. The first kappa shape index (κ1) is 19.8. The van der Waals surface area contributed by atoms with E-state index in [0.29, 0.717) is 5.95 Å². The summed E-state index contributed by atoms with van der Waals surface area (Å²) in [5.41, 5.74) is 0. The van der Waals surface area contributed by atoms with Crippen molar-refractivity contribution in [2.24, 2.45) is 0 Å². The van der Waals surface area contributed by atoms with Gasteiger partial charge in [-0.05, 0) is 57.4 Å². The van der Waals surface area contributed by atoms with E-state index in [4.69, 9.17) is 13.3 Å². The second-order valence-corrected chi connectivity index (χ2v) is 20.8. The van der Waals surface area contributed by atoms with Gasteiger partial charge < -0.3 is 13.3 Å². The van der Waals surface area contributed by atoms with Crippen LogP contribution in [0.25, 0.3) is 0 Å². The summed E-state index contributed by atoms with van der Waals surface area (Å²) in [5, 5.41) is 0. The van der Waals surface area contributed by atoms with E-state index in [1.165, 1.54) is 0 Å². The zero-order valence-corrected chi connectivity index (χ0v) is 17.9. The third-order valence-corrected chi connectivity index (χ3v) is 9.30. The van der Waals surface area contributed by atoms with Gasteiger partial charge in [0.15, 0.2) is 0 Å². The van der Waals surface area contributed by atoms with Crippen molar-refractivity contribution in [2.45, 2.75) is 78.2 Å². The van der Waals surface area contributed by atoms with Gasteiger partial charge in [-0.3, -0.25) is 0 Å². The quantitative estimate of drug-likeness (QED) is 0.411. The van der Waals surface area contributed by atoms with Crippen LogP contribution in [0.1, 0.15) is 20.8 Å². The van der Waals surface area contributed by atoms with E-state index in [9.17, 15) is 0 Å². The van der Waals surface area contributed by atoms with E-state index in [1.54, 1.807) is 6.26 Å². The first-order valence-electron chi connectivity index (χ1n) is 7.73. The first-order valence-corrected chi connectivity index (χ1v) is 17.1. The fourth-order valence-electron chi connectivity index (χ4n) is 1.78. The molecule has 0 heterocycles. The molecule has 0 rings (SSSR count). The van der Waals surface area contributed by atoms with Gasteiger partial charge in [0.1, 0.15) is 6.26 Å². The van der Waals surface area contributed by atoms with Crippen molar-refractivity contribution in [1.82, 2.24) is 0 Å². The van der Waals surface area contributed by atoms with Gasteiger partial charge in [0.2, 0.25) is 16.6 Å². The van der Waals surface area contributed by atoms with Crippen LogP contribution in [-0.2, 0) is 13.3 Å². The highest BCUT2D eigenvalue weighted by molar-refractivity contribution is 6.74. The monoisotopic (exact) mass is 334 g/mol. The molecule has 0 aromatic rings. The maximum absolute atomic E-state index is 6.37. The standard InChI is InChI=1S/C14H34O3Si3/c1-10-20(11-2,12-3)17-14(16-19(7,8)9)13-15-18(4,5)6/h13H,10-12H2,1-9H3/b14-13+. The highest BCUT2D eigenvalue weighted by Crippen LogP contribution is 2.27. The third kappa shape index (κ3) is 8.16. The lowest BCUT2D eigenvalue weighted by molar-refractivity contribution is 0.193. The van der Waals surface area contributed by atoms with Gasteiger partial charge in [-0.15, -0.1) is 0 Å². The van der Waals surface area contributed by atoms with Crippen LogP contribution < -0.4 is 0 Å². The molecule has 0 N–H and O–H groups in total. The normalized spacial score (nSPS) is 14.2.